The van der Waals surface area contributed by atoms with Crippen LogP contribution in [-0.2, 0) is 0 Å². The van der Waals surface area contributed by atoms with Crippen LogP contribution in [-0.4, -0.2) is 38.7 Å². The lowest BCUT2D eigenvalue weighted by molar-refractivity contribution is 0.0675. The van der Waals surface area contributed by atoms with E-state index in [1.807, 2.05) is 46.1 Å². The number of carbonyl (C=O) groups excluding carboxylic acids is 1. The normalized spacial score (nSPS) is 18.0. The van der Waals surface area contributed by atoms with Gasteiger partial charge in [0.05, 0.1) is 11.6 Å². The molecule has 1 fully saturated rings. The molecule has 1 atom stereocenters. The maximum Gasteiger partial charge on any atom is 0.254 e. The Hall–Kier alpha value is -2.89. The Kier molecular flexibility index (Phi) is 3.65. The number of rotatable bonds is 2. The van der Waals surface area contributed by atoms with Gasteiger partial charge in [0.15, 0.2) is 0 Å². The summed E-state index contributed by atoms with van der Waals surface area (Å²) in [4.78, 5) is 29.5. The molecule has 0 bridgehead atoms. The van der Waals surface area contributed by atoms with Crippen molar-refractivity contribution in [3.63, 3.8) is 0 Å². The highest BCUT2D eigenvalue weighted by molar-refractivity contribution is 6.05. The fourth-order valence-electron chi connectivity index (χ4n) is 3.40. The van der Waals surface area contributed by atoms with Crippen molar-refractivity contribution in [2.75, 3.05) is 13.1 Å². The van der Waals surface area contributed by atoms with E-state index in [-0.39, 0.29) is 17.5 Å². The summed E-state index contributed by atoms with van der Waals surface area (Å²) in [6, 6.07) is 10.9. The molecule has 1 saturated heterocycles. The van der Waals surface area contributed by atoms with E-state index < -0.39 is 0 Å². The predicted molar refractivity (Wildman–Crippen MR) is 91.0 cm³/mol. The zero-order valence-corrected chi connectivity index (χ0v) is 13.2. The Morgan fingerprint density at radius 3 is 2.96 bits per heavy atom. The lowest BCUT2D eigenvalue weighted by atomic mass is 10.0. The number of benzene rings is 1. The highest BCUT2D eigenvalue weighted by Crippen LogP contribution is 2.24. The molecule has 1 unspecified atom stereocenters. The number of nitrogens with zero attached hydrogens (tertiary/aromatic N) is 3. The van der Waals surface area contributed by atoms with Crippen molar-refractivity contribution in [2.45, 2.75) is 18.9 Å². The number of aromatic nitrogens is 3. The Balaban J connectivity index is 1.67. The van der Waals surface area contributed by atoms with Crippen LogP contribution >= 0.6 is 0 Å². The number of hydrogen-bond donors (Lipinski definition) is 1. The topological polar surface area (TPSA) is 71.0 Å². The third-order valence-electron chi connectivity index (χ3n) is 4.56. The van der Waals surface area contributed by atoms with Crippen molar-refractivity contribution < 1.29 is 4.79 Å². The number of amides is 1. The number of nitrogens with one attached hydrogen (secondary N) is 1. The second-order valence-electron chi connectivity index (χ2n) is 6.13. The fourth-order valence-corrected chi connectivity index (χ4v) is 3.40. The van der Waals surface area contributed by atoms with Crippen molar-refractivity contribution in [3.8, 4) is 0 Å². The van der Waals surface area contributed by atoms with Gasteiger partial charge in [-0.25, -0.2) is 0 Å². The van der Waals surface area contributed by atoms with Crippen LogP contribution in [0.15, 0.2) is 53.6 Å². The molecule has 0 spiro atoms. The van der Waals surface area contributed by atoms with E-state index in [0.29, 0.717) is 24.2 Å². The summed E-state index contributed by atoms with van der Waals surface area (Å²) in [7, 11) is 0. The van der Waals surface area contributed by atoms with Crippen LogP contribution < -0.4 is 5.56 Å². The highest BCUT2D eigenvalue weighted by Gasteiger charge is 2.26. The van der Waals surface area contributed by atoms with Gasteiger partial charge in [0, 0.05) is 42.5 Å². The summed E-state index contributed by atoms with van der Waals surface area (Å²) in [6.07, 6.45) is 5.62. The van der Waals surface area contributed by atoms with E-state index in [9.17, 15) is 9.59 Å². The van der Waals surface area contributed by atoms with Gasteiger partial charge in [0.2, 0.25) is 5.56 Å². The van der Waals surface area contributed by atoms with Gasteiger partial charge < -0.3 is 9.88 Å². The predicted octanol–water partition coefficient (Wildman–Crippen LogP) is 2.20. The summed E-state index contributed by atoms with van der Waals surface area (Å²) in [6.45, 7) is 1.32. The van der Waals surface area contributed by atoms with Gasteiger partial charge in [-0.05, 0) is 25.0 Å². The summed E-state index contributed by atoms with van der Waals surface area (Å²) in [5.41, 5.74) is 0.905. The Morgan fingerprint density at radius 2 is 2.12 bits per heavy atom. The van der Waals surface area contributed by atoms with Gasteiger partial charge in [0.1, 0.15) is 0 Å². The number of H-pyrrole nitrogens is 1. The molecule has 1 aromatic carbocycles. The van der Waals surface area contributed by atoms with Gasteiger partial charge in [-0.3, -0.25) is 14.3 Å². The minimum atomic E-state index is -0.252. The van der Waals surface area contributed by atoms with Gasteiger partial charge in [-0.2, -0.15) is 5.10 Å². The maximum absolute atomic E-state index is 13.0. The van der Waals surface area contributed by atoms with Gasteiger partial charge in [0.25, 0.3) is 5.91 Å². The van der Waals surface area contributed by atoms with Gasteiger partial charge in [-0.15, -0.1) is 0 Å². The third-order valence-corrected chi connectivity index (χ3v) is 4.56. The standard InChI is InChI=1S/C18H18N4O2/c23-17-11-15(14-6-1-2-7-16(14)20-17)18(24)21-9-3-5-13(12-21)22-10-4-8-19-22/h1-2,4,6-8,10-11,13H,3,5,9,12H2,(H,20,23). The number of carbonyl (C=O) groups is 1. The second kappa shape index (κ2) is 5.96. The van der Waals surface area contributed by atoms with Crippen LogP contribution in [0.4, 0.5) is 0 Å². The number of aromatic amines is 1. The zero-order chi connectivity index (χ0) is 16.5. The Bertz CT molecular complexity index is 930. The monoisotopic (exact) mass is 322 g/mol. The largest absolute Gasteiger partial charge is 0.336 e. The third kappa shape index (κ3) is 2.60. The highest BCUT2D eigenvalue weighted by atomic mass is 16.2. The molecule has 0 aliphatic carbocycles. The minimum absolute atomic E-state index is 0.0887. The molecule has 0 saturated carbocycles. The van der Waals surface area contributed by atoms with Crippen LogP contribution in [0.1, 0.15) is 29.2 Å². The van der Waals surface area contributed by atoms with Crippen LogP contribution in [0.25, 0.3) is 10.9 Å². The van der Waals surface area contributed by atoms with Crippen molar-refractivity contribution in [2.24, 2.45) is 0 Å². The van der Waals surface area contributed by atoms with E-state index >= 15 is 0 Å². The average molecular weight is 322 g/mol. The molecule has 1 N–H and O–H groups in total. The van der Waals surface area contributed by atoms with E-state index in [1.165, 1.54) is 6.07 Å². The lowest BCUT2D eigenvalue weighted by Crippen LogP contribution is -2.41. The van der Waals surface area contributed by atoms with Crippen molar-refractivity contribution in [1.82, 2.24) is 19.7 Å². The van der Waals surface area contributed by atoms with E-state index in [1.54, 1.807) is 6.20 Å². The SMILES string of the molecule is O=C(c1cc(=O)[nH]c2ccccc12)N1CCCC(n2cccn2)C1. The number of para-hydroxylation sites is 1. The first-order chi connectivity index (χ1) is 11.7. The molecule has 0 radical (unpaired) electrons. The number of piperidine rings is 1. The summed E-state index contributed by atoms with van der Waals surface area (Å²) in [5, 5.41) is 5.08. The van der Waals surface area contributed by atoms with Crippen LogP contribution in [0.5, 0.6) is 0 Å². The number of hydrogen-bond acceptors (Lipinski definition) is 3. The fraction of sp³-hybridized carbons (Fsp3) is 0.278. The van der Waals surface area contributed by atoms with Crippen LogP contribution in [0.2, 0.25) is 0 Å². The maximum atomic E-state index is 13.0. The molecule has 6 heteroatoms. The summed E-state index contributed by atoms with van der Waals surface area (Å²) >= 11 is 0. The van der Waals surface area contributed by atoms with E-state index in [2.05, 4.69) is 10.1 Å². The molecule has 3 heterocycles. The molecule has 1 aliphatic rings. The van der Waals surface area contributed by atoms with Gasteiger partial charge >= 0.3 is 0 Å². The number of pyridine rings is 1. The first kappa shape index (κ1) is 14.7. The van der Waals surface area contributed by atoms with Crippen LogP contribution in [0.3, 0.4) is 0 Å². The molecular formula is C18H18N4O2. The lowest BCUT2D eigenvalue weighted by Gasteiger charge is -2.33. The molecule has 2 aromatic heterocycles. The molecule has 122 valence electrons. The quantitative estimate of drug-likeness (QED) is 0.786. The first-order valence-corrected chi connectivity index (χ1v) is 8.13. The number of likely N-dealkylation sites (tertiary alicyclic amines) is 1. The molecule has 6 nitrogen and oxygen atoms in total. The minimum Gasteiger partial charge on any atom is -0.336 e. The van der Waals surface area contributed by atoms with Crippen LogP contribution in [0, 0.1) is 0 Å². The Morgan fingerprint density at radius 1 is 1.25 bits per heavy atom. The smallest absolute Gasteiger partial charge is 0.254 e. The van der Waals surface area contributed by atoms with E-state index in [0.717, 1.165) is 18.2 Å². The van der Waals surface area contributed by atoms with Crippen molar-refractivity contribution >= 4 is 16.8 Å². The average Bonchev–Trinajstić information content (AvgIpc) is 3.15. The molecule has 3 aromatic rings. The molecule has 24 heavy (non-hydrogen) atoms. The first-order valence-electron chi connectivity index (χ1n) is 8.13. The van der Waals surface area contributed by atoms with E-state index in [4.69, 9.17) is 0 Å². The molecular weight excluding hydrogens is 304 g/mol. The second-order valence-corrected chi connectivity index (χ2v) is 6.13. The molecule has 4 rings (SSSR count). The Labute approximate surface area is 138 Å². The summed E-state index contributed by atoms with van der Waals surface area (Å²) in [5.74, 6) is -0.0887. The van der Waals surface area contributed by atoms with Crippen molar-refractivity contribution in [1.29, 1.82) is 0 Å². The van der Waals surface area contributed by atoms with Crippen molar-refractivity contribution in [3.05, 3.63) is 64.7 Å². The molecule has 1 aliphatic heterocycles. The molecule has 1 amide bonds. The summed E-state index contributed by atoms with van der Waals surface area (Å²) < 4.78 is 1.91. The number of fused-ring (bicyclic) bond motifs is 1. The van der Waals surface area contributed by atoms with Gasteiger partial charge in [-0.1, -0.05) is 18.2 Å². The zero-order valence-electron chi connectivity index (χ0n) is 13.2.